The lowest BCUT2D eigenvalue weighted by molar-refractivity contribution is -0.127. The van der Waals surface area contributed by atoms with Crippen molar-refractivity contribution in [1.82, 2.24) is 59.3 Å². The zero-order valence-electron chi connectivity index (χ0n) is 72.7. The number of ether oxygens (including phenoxy) is 5. The third kappa shape index (κ3) is 20.7. The van der Waals surface area contributed by atoms with Crippen LogP contribution in [0, 0.1) is 0 Å². The van der Waals surface area contributed by atoms with Gasteiger partial charge in [-0.2, -0.15) is 29.9 Å². The lowest BCUT2D eigenvalue weighted by Crippen LogP contribution is -2.49. The second kappa shape index (κ2) is 40.6. The molecule has 0 spiro atoms. The highest BCUT2D eigenvalue weighted by atomic mass is 16.5. The molecule has 12 heterocycles. The Labute approximate surface area is 732 Å². The maximum Gasteiger partial charge on any atom is 0.318 e. The number of likely N-dealkylation sites (tertiary alicyclic amines) is 3. The van der Waals surface area contributed by atoms with Crippen LogP contribution in [0.1, 0.15) is 85.6 Å². The van der Waals surface area contributed by atoms with Gasteiger partial charge in [0, 0.05) is 219 Å². The molecule has 3 aromatic heterocycles. The first-order valence-electron chi connectivity index (χ1n) is 44.8. The monoisotopic (exact) mass is 1700 g/mol. The minimum Gasteiger partial charge on any atom is -0.508 e. The average molecular weight is 1700 g/mol. The van der Waals surface area contributed by atoms with Crippen molar-refractivity contribution < 1.29 is 53.4 Å². The Balaban J connectivity index is 0.000000138. The highest BCUT2D eigenvalue weighted by Crippen LogP contribution is 2.42. The maximum atomic E-state index is 12.2. The van der Waals surface area contributed by atoms with Gasteiger partial charge < -0.3 is 83.1 Å². The number of nitrogens with zero attached hydrogens (tertiary/aromatic N) is 18. The number of phenols is 3. The summed E-state index contributed by atoms with van der Waals surface area (Å²) in [5.74, 6) is 3.38. The number of carbonyl (C=O) groups is 3. The molecule has 3 atom stereocenters. The number of anilines is 6. The summed E-state index contributed by atoms with van der Waals surface area (Å²) in [5, 5.41) is 37.8. The molecule has 125 heavy (non-hydrogen) atoms. The van der Waals surface area contributed by atoms with Gasteiger partial charge in [-0.1, -0.05) is 99.0 Å². The molecule has 6 saturated heterocycles. The standard InChI is InChI=1S/2C32H40N6O4.C32H40N6O3/c2*1-3-30(40)36-13-15-37(16-14-36)31-27-10-12-38(29-20-24(39)19-23-7-4-5-9-26(23)29)22-28(27)33-32(34-31)42-18-17-35-11-6-8-25(21-35)41-2;1-3-30(40)36-14-16-37(17-15-36)31-27-11-13-38(29-21-25(39)20-24-9-4-5-10-26(24)29)22-28(27)33-32(34-31)41-19-18-35-12-7-6-8-23(35)2/h2*3-5,7,9,19-20,25,39H,1,6,8,10-18,21-22H2,2H3;3-5,9-10,20-21,23,39H,1,6-8,11-19,22H2,2H3/t2*25-;23-/m101/s1. The number of rotatable bonds is 23. The van der Waals surface area contributed by atoms with E-state index < -0.39 is 0 Å². The molecule has 3 N–H and O–H groups in total. The number of aromatic nitrogens is 6. The summed E-state index contributed by atoms with van der Waals surface area (Å²) in [6.07, 6.45) is 15.2. The first-order chi connectivity index (χ1) is 61.0. The van der Waals surface area contributed by atoms with E-state index in [9.17, 15) is 29.7 Å². The number of piperidine rings is 3. The normalized spacial score (nSPS) is 19.6. The summed E-state index contributed by atoms with van der Waals surface area (Å²) >= 11 is 0. The van der Waals surface area contributed by atoms with E-state index in [1.807, 2.05) is 93.6 Å². The van der Waals surface area contributed by atoms with Gasteiger partial charge in [0.2, 0.25) is 17.7 Å². The maximum absolute atomic E-state index is 12.2. The molecule has 9 aromatic rings. The first-order valence-corrected chi connectivity index (χ1v) is 44.8. The molecule has 6 aromatic carbocycles. The van der Waals surface area contributed by atoms with Crippen molar-refractivity contribution in [3.05, 3.63) is 181 Å². The predicted octanol–water partition coefficient (Wildman–Crippen LogP) is 10.4. The van der Waals surface area contributed by atoms with Crippen LogP contribution in [0.2, 0.25) is 0 Å². The van der Waals surface area contributed by atoms with Crippen LogP contribution in [0.25, 0.3) is 32.3 Å². The molecular formula is C96H120N18O11. The van der Waals surface area contributed by atoms with Crippen molar-refractivity contribution in [3.63, 3.8) is 0 Å². The topological polar surface area (TPSA) is 274 Å². The lowest BCUT2D eigenvalue weighted by atomic mass is 10.0. The van der Waals surface area contributed by atoms with E-state index in [1.54, 1.807) is 26.4 Å². The van der Waals surface area contributed by atoms with Gasteiger partial charge in [0.15, 0.2) is 0 Å². The number of carbonyl (C=O) groups excluding carboxylic acids is 3. The summed E-state index contributed by atoms with van der Waals surface area (Å²) < 4.78 is 29.8. The van der Waals surface area contributed by atoms with Crippen LogP contribution in [0.5, 0.6) is 35.3 Å². The van der Waals surface area contributed by atoms with Gasteiger partial charge in [0.25, 0.3) is 0 Å². The van der Waals surface area contributed by atoms with Crippen LogP contribution >= 0.6 is 0 Å². The molecule has 0 bridgehead atoms. The van der Waals surface area contributed by atoms with Gasteiger partial charge in [-0.25, -0.2) is 0 Å². The largest absolute Gasteiger partial charge is 0.508 e. The Morgan fingerprint density at radius 2 is 0.728 bits per heavy atom. The third-order valence-corrected chi connectivity index (χ3v) is 26.2. The van der Waals surface area contributed by atoms with Crippen molar-refractivity contribution in [1.29, 1.82) is 0 Å². The Morgan fingerprint density at radius 3 is 1.06 bits per heavy atom. The van der Waals surface area contributed by atoms with Gasteiger partial charge >= 0.3 is 18.0 Å². The molecule has 0 radical (unpaired) electrons. The van der Waals surface area contributed by atoms with Crippen molar-refractivity contribution >= 4 is 84.6 Å². The minimum absolute atomic E-state index is 0.0284. The van der Waals surface area contributed by atoms with Crippen LogP contribution in [-0.4, -0.2) is 295 Å². The molecule has 0 unspecified atom stereocenters. The smallest absolute Gasteiger partial charge is 0.318 e. The Kier molecular flexibility index (Phi) is 28.2. The molecule has 9 aliphatic rings. The van der Waals surface area contributed by atoms with E-state index >= 15 is 0 Å². The number of aromatic hydroxyl groups is 3. The number of piperazine rings is 3. The molecule has 29 heteroatoms. The number of fused-ring (bicyclic) bond motifs is 6. The molecule has 0 aliphatic carbocycles. The number of hydrogen-bond acceptors (Lipinski definition) is 26. The quantitative estimate of drug-likeness (QED) is 0.0502. The summed E-state index contributed by atoms with van der Waals surface area (Å²) in [5.41, 5.74) is 9.24. The molecule has 0 saturated carbocycles. The van der Waals surface area contributed by atoms with E-state index in [0.717, 1.165) is 218 Å². The Morgan fingerprint density at radius 1 is 0.392 bits per heavy atom. The number of phenolic OH excluding ortho intramolecular Hbond substituents is 3. The highest BCUT2D eigenvalue weighted by Gasteiger charge is 2.35. The van der Waals surface area contributed by atoms with Crippen LogP contribution in [0.15, 0.2) is 147 Å². The Bertz CT molecular complexity index is 5110. The number of benzene rings is 6. The van der Waals surface area contributed by atoms with Gasteiger partial charge in [0.05, 0.1) is 48.9 Å². The van der Waals surface area contributed by atoms with Crippen molar-refractivity contribution in [3.8, 4) is 35.3 Å². The van der Waals surface area contributed by atoms with Gasteiger partial charge in [0.1, 0.15) is 54.5 Å². The van der Waals surface area contributed by atoms with Crippen molar-refractivity contribution in [2.45, 2.75) is 109 Å². The summed E-state index contributed by atoms with van der Waals surface area (Å²) in [7, 11) is 3.56. The van der Waals surface area contributed by atoms with Gasteiger partial charge in [-0.3, -0.25) is 29.1 Å². The SMILES string of the molecule is C=CC(=O)N1CCN(c2nc(OCCN3CCCC[C@H]3C)nc3c2CCN(c2cc(O)cc4ccccc24)C3)CC1.C=CC(=O)N1CCN(c2nc(OCCN3CCC[C@@H](OC)C3)nc3c2CCN(c2cc(O)cc4ccccc24)C3)CC1.C=CC(=O)N1CCN(c2nc(OCCN3CCC[C@H](OC)C3)nc3c2CCN(c2cc(O)cc4ccccc24)C3)CC1. The Hall–Kier alpha value is -11.6. The molecule has 6 fully saturated rings. The van der Waals surface area contributed by atoms with E-state index in [0.29, 0.717) is 142 Å². The second-order valence-electron chi connectivity index (χ2n) is 33.9. The summed E-state index contributed by atoms with van der Waals surface area (Å²) in [4.78, 5) is 92.6. The zero-order chi connectivity index (χ0) is 86.5. The predicted molar refractivity (Wildman–Crippen MR) is 488 cm³/mol. The fourth-order valence-corrected chi connectivity index (χ4v) is 19.3. The number of amides is 3. The molecule has 3 amide bonds. The molecule has 660 valence electrons. The lowest BCUT2D eigenvalue weighted by Gasteiger charge is -2.38. The molecule has 9 aliphatic heterocycles. The van der Waals surface area contributed by atoms with Crippen molar-refractivity contribution in [2.24, 2.45) is 0 Å². The van der Waals surface area contributed by atoms with Crippen LogP contribution < -0.4 is 43.6 Å². The molecule has 18 rings (SSSR count). The highest BCUT2D eigenvalue weighted by molar-refractivity contribution is 5.98. The van der Waals surface area contributed by atoms with E-state index in [1.165, 1.54) is 37.5 Å². The van der Waals surface area contributed by atoms with Crippen LogP contribution in [-0.2, 0) is 62.8 Å². The van der Waals surface area contributed by atoms with E-state index in [2.05, 4.69) is 89.0 Å². The zero-order valence-corrected chi connectivity index (χ0v) is 72.7. The average Bonchev–Trinajstić information content (AvgIpc) is 0.773. The number of methoxy groups -OCH3 is 2. The molecule has 29 nitrogen and oxygen atoms in total. The van der Waals surface area contributed by atoms with Crippen LogP contribution in [0.4, 0.5) is 34.5 Å². The van der Waals surface area contributed by atoms with E-state index in [4.69, 9.17) is 53.6 Å². The summed E-state index contributed by atoms with van der Waals surface area (Å²) in [6.45, 7) is 34.3. The third-order valence-electron chi connectivity index (χ3n) is 26.2. The van der Waals surface area contributed by atoms with E-state index in [-0.39, 0.29) is 47.2 Å². The molecular weight excluding hydrogens is 1580 g/mol. The fourth-order valence-electron chi connectivity index (χ4n) is 19.3. The van der Waals surface area contributed by atoms with Crippen LogP contribution in [0.3, 0.4) is 0 Å². The van der Waals surface area contributed by atoms with Gasteiger partial charge in [-0.05, 0) is 137 Å². The van der Waals surface area contributed by atoms with Gasteiger partial charge in [-0.15, -0.1) is 0 Å². The van der Waals surface area contributed by atoms with Crippen molar-refractivity contribution in [2.75, 3.05) is 214 Å². The first kappa shape index (κ1) is 86.9. The minimum atomic E-state index is -0.0363. The summed E-state index contributed by atoms with van der Waals surface area (Å²) in [6, 6.07) is 37.1. The fraction of sp³-hybridized carbons (Fsp3) is 0.469. The number of hydrogen-bond donors (Lipinski definition) is 3. The second-order valence-corrected chi connectivity index (χ2v) is 33.9.